The van der Waals surface area contributed by atoms with Gasteiger partial charge in [0.15, 0.2) is 0 Å². The summed E-state index contributed by atoms with van der Waals surface area (Å²) in [6, 6.07) is 18.7. The van der Waals surface area contributed by atoms with Crippen LogP contribution in [0.15, 0.2) is 65.7 Å². The average molecular weight is 485 g/mol. The zero-order chi connectivity index (χ0) is 24.6. The van der Waals surface area contributed by atoms with Gasteiger partial charge in [-0.1, -0.05) is 36.4 Å². The van der Waals surface area contributed by atoms with E-state index in [0.717, 1.165) is 48.9 Å². The van der Waals surface area contributed by atoms with Crippen molar-refractivity contribution in [3.63, 3.8) is 0 Å². The number of rotatable bonds is 4. The highest BCUT2D eigenvalue weighted by molar-refractivity contribution is 6.06. The van der Waals surface area contributed by atoms with Crippen LogP contribution in [0.2, 0.25) is 0 Å². The fourth-order valence-electron chi connectivity index (χ4n) is 5.58. The molecule has 2 fully saturated rings. The van der Waals surface area contributed by atoms with Gasteiger partial charge < -0.3 is 19.6 Å². The molecule has 0 amide bonds. The molecule has 186 valence electrons. The molecule has 0 aliphatic carbocycles. The van der Waals surface area contributed by atoms with Gasteiger partial charge in [-0.3, -0.25) is 9.36 Å². The summed E-state index contributed by atoms with van der Waals surface area (Å²) >= 11 is 0. The van der Waals surface area contributed by atoms with E-state index in [1.54, 1.807) is 10.9 Å². The molecule has 0 spiro atoms. The van der Waals surface area contributed by atoms with E-state index in [4.69, 9.17) is 9.72 Å². The van der Waals surface area contributed by atoms with Crippen molar-refractivity contribution in [1.29, 1.82) is 0 Å². The maximum absolute atomic E-state index is 13.6. The molecule has 3 aromatic carbocycles. The first-order chi connectivity index (χ1) is 17.6. The summed E-state index contributed by atoms with van der Waals surface area (Å²) in [5.74, 6) is 0. The summed E-state index contributed by atoms with van der Waals surface area (Å²) in [5, 5.41) is 13.1. The van der Waals surface area contributed by atoms with E-state index in [0.29, 0.717) is 23.9 Å². The number of hydrogen-bond acceptors (Lipinski definition) is 6. The predicted octanol–water partition coefficient (Wildman–Crippen LogP) is 3.21. The summed E-state index contributed by atoms with van der Waals surface area (Å²) in [7, 11) is 2.17. The van der Waals surface area contributed by atoms with E-state index in [9.17, 15) is 9.90 Å². The van der Waals surface area contributed by atoms with Crippen molar-refractivity contribution in [2.24, 2.45) is 0 Å². The third-order valence-corrected chi connectivity index (χ3v) is 7.73. The molecule has 2 aliphatic heterocycles. The summed E-state index contributed by atoms with van der Waals surface area (Å²) in [5.41, 5.74) is 4.18. The molecule has 7 nitrogen and oxygen atoms in total. The first-order valence-electron chi connectivity index (χ1n) is 12.8. The molecule has 2 atom stereocenters. The van der Waals surface area contributed by atoms with Crippen LogP contribution in [0.25, 0.3) is 21.7 Å². The first-order valence-corrected chi connectivity index (χ1v) is 12.8. The third kappa shape index (κ3) is 4.28. The number of aromatic nitrogens is 2. The maximum atomic E-state index is 13.6. The summed E-state index contributed by atoms with van der Waals surface area (Å²) in [6.45, 7) is 5.03. The molecular weight excluding hydrogens is 452 g/mol. The van der Waals surface area contributed by atoms with Crippen molar-refractivity contribution >= 4 is 27.4 Å². The number of anilines is 1. The molecule has 0 saturated carbocycles. The van der Waals surface area contributed by atoms with Gasteiger partial charge in [0.25, 0.3) is 5.56 Å². The Labute approximate surface area is 210 Å². The van der Waals surface area contributed by atoms with Crippen LogP contribution in [0.1, 0.15) is 23.6 Å². The number of likely N-dealkylation sites (N-methyl/N-ethyl adjacent to an activating group) is 1. The lowest BCUT2D eigenvalue weighted by atomic mass is 9.95. The Kier molecular flexibility index (Phi) is 6.21. The molecule has 36 heavy (non-hydrogen) atoms. The monoisotopic (exact) mass is 484 g/mol. The normalized spacial score (nSPS) is 21.3. The molecule has 3 heterocycles. The standard InChI is InChI=1S/C29H32N4O3/c1-31-11-13-32(14-12-31)22-8-6-20(7-9-22)16-21-17-25-28(24-5-3-2-4-23(21)24)30-19-33(29(25)35)26-10-15-36-18-27(26)34/h2-9,17,19,26-27,34H,10-16,18H2,1H3/t26-,27-/m0/s1. The minimum Gasteiger partial charge on any atom is -0.389 e. The van der Waals surface area contributed by atoms with E-state index in [2.05, 4.69) is 47.2 Å². The lowest BCUT2D eigenvalue weighted by molar-refractivity contribution is -0.0395. The van der Waals surface area contributed by atoms with Gasteiger partial charge in [-0.15, -0.1) is 0 Å². The molecule has 2 saturated heterocycles. The highest BCUT2D eigenvalue weighted by Gasteiger charge is 2.27. The van der Waals surface area contributed by atoms with Crippen LogP contribution < -0.4 is 10.5 Å². The van der Waals surface area contributed by atoms with Gasteiger partial charge in [-0.05, 0) is 54.6 Å². The number of hydrogen-bond donors (Lipinski definition) is 1. The molecule has 0 unspecified atom stereocenters. The van der Waals surface area contributed by atoms with E-state index >= 15 is 0 Å². The van der Waals surface area contributed by atoms with E-state index in [1.807, 2.05) is 24.3 Å². The minimum absolute atomic E-state index is 0.108. The van der Waals surface area contributed by atoms with Gasteiger partial charge in [0.1, 0.15) is 0 Å². The lowest BCUT2D eigenvalue weighted by Gasteiger charge is -2.34. The van der Waals surface area contributed by atoms with Crippen LogP contribution >= 0.6 is 0 Å². The van der Waals surface area contributed by atoms with Crippen molar-refractivity contribution < 1.29 is 9.84 Å². The molecule has 1 aromatic heterocycles. The Hall–Kier alpha value is -3.26. The second-order valence-corrected chi connectivity index (χ2v) is 10.1. The molecule has 4 aromatic rings. The second kappa shape index (κ2) is 9.65. The zero-order valence-electron chi connectivity index (χ0n) is 20.6. The lowest BCUT2D eigenvalue weighted by Crippen LogP contribution is -2.44. The Balaban J connectivity index is 1.37. The molecule has 1 N–H and O–H groups in total. The quantitative estimate of drug-likeness (QED) is 0.449. The number of aliphatic hydroxyl groups excluding tert-OH is 1. The molecular formula is C29H32N4O3. The Bertz CT molecular complexity index is 1440. The minimum atomic E-state index is -0.713. The SMILES string of the molecule is CN1CCN(c2ccc(Cc3cc4c(=O)n([C@H]5CCOC[C@@H]5O)cnc4c4ccccc34)cc2)CC1. The summed E-state index contributed by atoms with van der Waals surface area (Å²) < 4.78 is 6.96. The highest BCUT2D eigenvalue weighted by atomic mass is 16.5. The second-order valence-electron chi connectivity index (χ2n) is 10.1. The highest BCUT2D eigenvalue weighted by Crippen LogP contribution is 2.29. The smallest absolute Gasteiger partial charge is 0.261 e. The summed E-state index contributed by atoms with van der Waals surface area (Å²) in [4.78, 5) is 23.1. The molecule has 6 rings (SSSR count). The first kappa shape index (κ1) is 23.2. The van der Waals surface area contributed by atoms with Crippen LogP contribution in [-0.2, 0) is 11.2 Å². The van der Waals surface area contributed by atoms with Gasteiger partial charge in [-0.25, -0.2) is 4.98 Å². The predicted molar refractivity (Wildman–Crippen MR) is 143 cm³/mol. The number of ether oxygens (including phenoxy) is 1. The molecule has 7 heteroatoms. The summed E-state index contributed by atoms with van der Waals surface area (Å²) in [6.07, 6.45) is 2.20. The zero-order valence-corrected chi connectivity index (χ0v) is 20.6. The topological polar surface area (TPSA) is 70.8 Å². The molecule has 0 bridgehead atoms. The van der Waals surface area contributed by atoms with Crippen LogP contribution in [0.4, 0.5) is 5.69 Å². The van der Waals surface area contributed by atoms with Crippen molar-refractivity contribution in [2.45, 2.75) is 25.0 Å². The number of piperazine rings is 1. The maximum Gasteiger partial charge on any atom is 0.261 e. The molecule has 0 radical (unpaired) electrons. The van der Waals surface area contributed by atoms with Crippen molar-refractivity contribution in [3.8, 4) is 0 Å². The number of benzene rings is 3. The average Bonchev–Trinajstić information content (AvgIpc) is 2.91. The van der Waals surface area contributed by atoms with Gasteiger partial charge in [-0.2, -0.15) is 0 Å². The third-order valence-electron chi connectivity index (χ3n) is 7.73. The van der Waals surface area contributed by atoms with Crippen LogP contribution in [-0.4, -0.2) is 72.1 Å². The number of fused-ring (bicyclic) bond motifs is 3. The van der Waals surface area contributed by atoms with Crippen LogP contribution in [0.5, 0.6) is 0 Å². The van der Waals surface area contributed by atoms with Crippen molar-refractivity contribution in [1.82, 2.24) is 14.5 Å². The van der Waals surface area contributed by atoms with Crippen LogP contribution in [0.3, 0.4) is 0 Å². The Morgan fingerprint density at radius 2 is 1.75 bits per heavy atom. The van der Waals surface area contributed by atoms with Crippen molar-refractivity contribution in [2.75, 3.05) is 51.3 Å². The van der Waals surface area contributed by atoms with Crippen molar-refractivity contribution in [3.05, 3.63) is 82.4 Å². The van der Waals surface area contributed by atoms with Gasteiger partial charge in [0.2, 0.25) is 0 Å². The Morgan fingerprint density at radius 1 is 1.00 bits per heavy atom. The Morgan fingerprint density at radius 3 is 2.50 bits per heavy atom. The number of aliphatic hydroxyl groups is 1. The molecule has 2 aliphatic rings. The van der Waals surface area contributed by atoms with Gasteiger partial charge >= 0.3 is 0 Å². The fraction of sp³-hybridized carbons (Fsp3) is 0.379. The van der Waals surface area contributed by atoms with E-state index in [-0.39, 0.29) is 18.2 Å². The van der Waals surface area contributed by atoms with Crippen LogP contribution in [0, 0.1) is 0 Å². The fourth-order valence-corrected chi connectivity index (χ4v) is 5.58. The van der Waals surface area contributed by atoms with E-state index in [1.165, 1.54) is 11.3 Å². The largest absolute Gasteiger partial charge is 0.389 e. The number of nitrogens with zero attached hydrogens (tertiary/aromatic N) is 4. The van der Waals surface area contributed by atoms with Gasteiger partial charge in [0, 0.05) is 43.9 Å². The van der Waals surface area contributed by atoms with Gasteiger partial charge in [0.05, 0.1) is 36.0 Å². The van der Waals surface area contributed by atoms with E-state index < -0.39 is 6.10 Å².